The second-order valence-corrected chi connectivity index (χ2v) is 13.3. The van der Waals surface area contributed by atoms with E-state index in [0.29, 0.717) is 18.1 Å². The summed E-state index contributed by atoms with van der Waals surface area (Å²) < 4.78 is 7.34. The molecule has 4 nitrogen and oxygen atoms in total. The monoisotopic (exact) mass is 511 g/mol. The van der Waals surface area contributed by atoms with Gasteiger partial charge in [0.05, 0.1) is 12.2 Å². The summed E-state index contributed by atoms with van der Waals surface area (Å²) in [5, 5.41) is 1.42. The summed E-state index contributed by atoms with van der Waals surface area (Å²) in [5.41, 5.74) is 7.90. The van der Waals surface area contributed by atoms with Crippen LogP contribution in [0.15, 0.2) is 60.3 Å². The summed E-state index contributed by atoms with van der Waals surface area (Å²) in [6.07, 6.45) is 0. The van der Waals surface area contributed by atoms with Crippen molar-refractivity contribution in [3.05, 3.63) is 98.8 Å². The van der Waals surface area contributed by atoms with Gasteiger partial charge in [0.1, 0.15) is 0 Å². The van der Waals surface area contributed by atoms with Gasteiger partial charge in [0, 0.05) is 22.1 Å². The maximum atomic E-state index is 11.9. The molecule has 1 aromatic heterocycles. The number of esters is 1. The SMILES string of the molecule is CCOC(=O)c1ccc(C#Cc2ccc(C3(C(C)(C)C)ON3[si]3cccc(C)c3C)c(C(C)C)c2)cc1. The van der Waals surface area contributed by atoms with E-state index in [1.54, 1.807) is 19.1 Å². The molecule has 0 bridgehead atoms. The van der Waals surface area contributed by atoms with Gasteiger partial charge in [0.25, 0.3) is 0 Å². The molecule has 192 valence electrons. The topological polar surface area (TPSA) is 41.8 Å². The van der Waals surface area contributed by atoms with Crippen LogP contribution >= 0.6 is 0 Å². The number of aryl methyl sites for hydroxylation is 1. The van der Waals surface area contributed by atoms with Crippen molar-refractivity contribution in [3.8, 4) is 11.8 Å². The average molecular weight is 512 g/mol. The highest BCUT2D eigenvalue weighted by molar-refractivity contribution is 6.57. The third-order valence-electron chi connectivity index (χ3n) is 7.07. The lowest BCUT2D eigenvalue weighted by Gasteiger charge is -2.30. The fraction of sp³-hybridized carbons (Fsp3) is 0.375. The summed E-state index contributed by atoms with van der Waals surface area (Å²) in [6.45, 7) is 17.8. The maximum Gasteiger partial charge on any atom is 0.338 e. The third kappa shape index (κ3) is 5.14. The number of carbonyl (C=O) groups is 1. The summed E-state index contributed by atoms with van der Waals surface area (Å²) in [6, 6.07) is 18.1. The van der Waals surface area contributed by atoms with Crippen LogP contribution in [0.4, 0.5) is 0 Å². The third-order valence-corrected chi connectivity index (χ3v) is 9.59. The molecule has 1 atom stereocenters. The van der Waals surface area contributed by atoms with Gasteiger partial charge in [-0.25, -0.2) is 14.4 Å². The molecule has 3 aromatic rings. The first-order valence-electron chi connectivity index (χ1n) is 13.0. The lowest BCUT2D eigenvalue weighted by Crippen LogP contribution is -2.37. The lowest BCUT2D eigenvalue weighted by atomic mass is 9.77. The first-order chi connectivity index (χ1) is 17.5. The summed E-state index contributed by atoms with van der Waals surface area (Å²) >= 11 is 0. The molecule has 1 aliphatic heterocycles. The van der Waals surface area contributed by atoms with Gasteiger partial charge in [-0.15, -0.1) is 0 Å². The van der Waals surface area contributed by atoms with Gasteiger partial charge in [0.2, 0.25) is 5.72 Å². The number of hydroxylamine groups is 1. The fourth-order valence-electron chi connectivity index (χ4n) is 4.77. The molecule has 1 unspecified atom stereocenters. The van der Waals surface area contributed by atoms with E-state index in [4.69, 9.17) is 9.57 Å². The number of nitrogens with zero attached hydrogens (tertiary/aromatic N) is 1. The van der Waals surface area contributed by atoms with Crippen LogP contribution in [-0.4, -0.2) is 21.1 Å². The fourth-order valence-corrected chi connectivity index (χ4v) is 7.25. The predicted molar refractivity (Wildman–Crippen MR) is 151 cm³/mol. The van der Waals surface area contributed by atoms with Crippen LogP contribution in [-0.2, 0) is 15.3 Å². The van der Waals surface area contributed by atoms with Crippen LogP contribution in [0.5, 0.6) is 0 Å². The van der Waals surface area contributed by atoms with Crippen molar-refractivity contribution in [2.75, 3.05) is 11.3 Å². The van der Waals surface area contributed by atoms with E-state index in [1.165, 1.54) is 21.9 Å². The Kier molecular flexibility index (Phi) is 7.46. The molecule has 0 saturated carbocycles. The Labute approximate surface area is 223 Å². The van der Waals surface area contributed by atoms with Gasteiger partial charge >= 0.3 is 5.97 Å². The Morgan fingerprint density at radius 1 is 1.05 bits per heavy atom. The maximum absolute atomic E-state index is 11.9. The molecular weight excluding hydrogens is 474 g/mol. The van der Waals surface area contributed by atoms with E-state index in [9.17, 15) is 4.79 Å². The minimum Gasteiger partial charge on any atom is -0.462 e. The van der Waals surface area contributed by atoms with Crippen molar-refractivity contribution in [2.24, 2.45) is 5.41 Å². The van der Waals surface area contributed by atoms with Crippen LogP contribution in [0, 0.1) is 31.1 Å². The van der Waals surface area contributed by atoms with Gasteiger partial charge in [-0.3, -0.25) is 0 Å². The largest absolute Gasteiger partial charge is 0.462 e. The molecule has 1 saturated heterocycles. The van der Waals surface area contributed by atoms with Crippen molar-refractivity contribution in [1.82, 2.24) is 0 Å². The number of ether oxygens (including phenoxy) is 1. The number of carbonyl (C=O) groups excluding carboxylic acids is 1. The number of hydrogen-bond donors (Lipinski definition) is 0. The first-order valence-corrected chi connectivity index (χ1v) is 14.5. The Morgan fingerprint density at radius 2 is 1.70 bits per heavy atom. The smallest absolute Gasteiger partial charge is 0.338 e. The van der Waals surface area contributed by atoms with Crippen molar-refractivity contribution in [2.45, 2.75) is 67.0 Å². The van der Waals surface area contributed by atoms with Crippen LogP contribution in [0.3, 0.4) is 0 Å². The summed E-state index contributed by atoms with van der Waals surface area (Å²) in [5.74, 6) is 6.57. The van der Waals surface area contributed by atoms with Crippen LogP contribution in [0.2, 0.25) is 0 Å². The van der Waals surface area contributed by atoms with E-state index in [-0.39, 0.29) is 11.4 Å². The molecule has 0 N–H and O–H groups in total. The van der Waals surface area contributed by atoms with Crippen molar-refractivity contribution < 1.29 is 14.4 Å². The lowest BCUT2D eigenvalue weighted by molar-refractivity contribution is 0.0526. The molecule has 1 fully saturated rings. The van der Waals surface area contributed by atoms with Gasteiger partial charge in [-0.05, 0) is 73.8 Å². The molecule has 1 aliphatic rings. The number of rotatable bonds is 5. The zero-order chi connectivity index (χ0) is 27.0. The molecule has 5 heteroatoms. The molecular formula is C32H37NO3Si. The first kappa shape index (κ1) is 26.8. The number of hydrogen-bond acceptors (Lipinski definition) is 4. The molecule has 4 rings (SSSR count). The highest BCUT2D eigenvalue weighted by Gasteiger charge is 2.65. The van der Waals surface area contributed by atoms with Crippen LogP contribution < -0.4 is 4.73 Å². The van der Waals surface area contributed by atoms with Gasteiger partial charge in [-0.1, -0.05) is 75.9 Å². The second-order valence-electron chi connectivity index (χ2n) is 11.0. The Bertz CT molecular complexity index is 1380. The summed E-state index contributed by atoms with van der Waals surface area (Å²) in [7, 11) is -1.11. The highest BCUT2D eigenvalue weighted by Crippen LogP contribution is 2.56. The van der Waals surface area contributed by atoms with Crippen molar-refractivity contribution in [1.29, 1.82) is 0 Å². The summed E-state index contributed by atoms with van der Waals surface area (Å²) in [4.78, 5) is 18.5. The minimum atomic E-state index is -1.11. The van der Waals surface area contributed by atoms with E-state index < -0.39 is 14.3 Å². The standard InChI is InChI=1S/C32H37NO3Si/c1-9-35-30(34)27-17-14-25(15-18-27)12-13-26-16-19-29(28(21-26)22(2)3)32(31(6,7)8)33(36-32)37-20-10-11-23(4)24(37)5/h10-11,14-22H,9H2,1-8H3. The minimum absolute atomic E-state index is 0.120. The molecule has 0 amide bonds. The molecule has 0 aliphatic carbocycles. The van der Waals surface area contributed by atoms with Gasteiger partial charge in [-0.2, -0.15) is 0 Å². The van der Waals surface area contributed by atoms with Crippen LogP contribution in [0.1, 0.15) is 90.8 Å². The van der Waals surface area contributed by atoms with Crippen molar-refractivity contribution >= 4 is 14.5 Å². The Morgan fingerprint density at radius 3 is 2.32 bits per heavy atom. The zero-order valence-corrected chi connectivity index (χ0v) is 24.2. The Hall–Kier alpha value is -3.20. The normalized spacial score (nSPS) is 16.8. The predicted octanol–water partition coefficient (Wildman–Crippen LogP) is 6.81. The quantitative estimate of drug-likeness (QED) is 0.163. The number of benzene rings is 2. The van der Waals surface area contributed by atoms with Gasteiger partial charge < -0.3 is 4.74 Å². The zero-order valence-electron chi connectivity index (χ0n) is 23.2. The molecule has 37 heavy (non-hydrogen) atoms. The van der Waals surface area contributed by atoms with E-state index in [2.05, 4.69) is 101 Å². The molecule has 0 radical (unpaired) electrons. The second kappa shape index (κ2) is 10.3. The van der Waals surface area contributed by atoms with E-state index in [0.717, 1.165) is 11.1 Å². The molecule has 2 aromatic carbocycles. The van der Waals surface area contributed by atoms with Crippen molar-refractivity contribution in [3.63, 3.8) is 0 Å². The highest BCUT2D eigenvalue weighted by atomic mass is 28.2. The van der Waals surface area contributed by atoms with E-state index in [1.807, 2.05) is 12.1 Å². The average Bonchev–Trinajstić information content (AvgIpc) is 3.62. The van der Waals surface area contributed by atoms with Crippen LogP contribution in [0.25, 0.3) is 0 Å². The molecule has 2 heterocycles. The van der Waals surface area contributed by atoms with Gasteiger partial charge in [0.15, 0.2) is 8.56 Å². The van der Waals surface area contributed by atoms with E-state index >= 15 is 0 Å². The Balaban J connectivity index is 1.69. The molecule has 0 spiro atoms.